The normalized spacial score (nSPS) is 18.6. The number of hydrogen-bond donors (Lipinski definition) is 1. The van der Waals surface area contributed by atoms with Crippen molar-refractivity contribution in [3.8, 4) is 11.5 Å². The Hall–Kier alpha value is -2.32. The monoisotopic (exact) mass is 424 g/mol. The Morgan fingerprint density at radius 3 is 2.59 bits per heavy atom. The van der Waals surface area contributed by atoms with Crippen LogP contribution in [0.2, 0.25) is 0 Å². The van der Waals surface area contributed by atoms with Crippen LogP contribution in [0, 0.1) is 5.41 Å². The van der Waals surface area contributed by atoms with Crippen LogP contribution >= 0.6 is 12.4 Å². The fourth-order valence-corrected chi connectivity index (χ4v) is 3.61. The third-order valence-electron chi connectivity index (χ3n) is 5.52. The third kappa shape index (κ3) is 4.82. The van der Waals surface area contributed by atoms with Crippen LogP contribution < -0.4 is 20.8 Å². The van der Waals surface area contributed by atoms with Gasteiger partial charge in [-0.3, -0.25) is 14.2 Å². The molecule has 1 saturated heterocycles. The Kier molecular flexibility index (Phi) is 7.48. The summed E-state index contributed by atoms with van der Waals surface area (Å²) in [5, 5.41) is 0.463. The van der Waals surface area contributed by atoms with Gasteiger partial charge in [-0.1, -0.05) is 6.92 Å². The van der Waals surface area contributed by atoms with E-state index in [1.54, 1.807) is 19.2 Å². The summed E-state index contributed by atoms with van der Waals surface area (Å²) in [4.78, 5) is 31.4. The Morgan fingerprint density at radius 1 is 1.28 bits per heavy atom. The number of nitrogens with zero attached hydrogens (tertiary/aromatic N) is 3. The zero-order valence-electron chi connectivity index (χ0n) is 17.1. The number of hydrogen-bond acceptors (Lipinski definition) is 6. The highest BCUT2D eigenvalue weighted by molar-refractivity contribution is 5.85. The molecule has 0 spiro atoms. The minimum atomic E-state index is -0.157. The number of ether oxygens (including phenoxy) is 2. The maximum atomic E-state index is 12.8. The molecule has 1 atom stereocenters. The van der Waals surface area contributed by atoms with Crippen LogP contribution in [0.4, 0.5) is 0 Å². The minimum Gasteiger partial charge on any atom is -0.493 e. The van der Waals surface area contributed by atoms with E-state index in [9.17, 15) is 9.59 Å². The van der Waals surface area contributed by atoms with Gasteiger partial charge in [0.1, 0.15) is 0 Å². The molecule has 3 rings (SSSR count). The summed E-state index contributed by atoms with van der Waals surface area (Å²) in [6.07, 6.45) is 3.43. The van der Waals surface area contributed by atoms with E-state index in [1.165, 1.54) is 18.0 Å². The molecule has 0 saturated carbocycles. The first kappa shape index (κ1) is 23.0. The van der Waals surface area contributed by atoms with Crippen LogP contribution in [0.5, 0.6) is 11.5 Å². The fourth-order valence-electron chi connectivity index (χ4n) is 3.61. The number of fused-ring (bicyclic) bond motifs is 1. The third-order valence-corrected chi connectivity index (χ3v) is 5.52. The molecule has 2 heterocycles. The summed E-state index contributed by atoms with van der Waals surface area (Å²) in [5.74, 6) is 1.13. The lowest BCUT2D eigenvalue weighted by Gasteiger charge is -2.22. The molecule has 160 valence electrons. The number of halogens is 1. The number of methoxy groups -OCH3 is 2. The standard InChI is InChI=1S/C20H28N4O4.ClH/c1-20(11-21)6-8-23(12-20)18(25)5-4-7-24-13-22-15-10-17(28-3)16(27-2)9-14(15)19(24)26;/h9-10,13H,4-8,11-12,21H2,1-3H3;1H. The van der Waals surface area contributed by atoms with Crippen LogP contribution in [0.25, 0.3) is 10.9 Å². The lowest BCUT2D eigenvalue weighted by atomic mass is 9.90. The van der Waals surface area contributed by atoms with Crippen molar-refractivity contribution in [1.82, 2.24) is 14.5 Å². The number of benzene rings is 1. The highest BCUT2D eigenvalue weighted by atomic mass is 35.5. The van der Waals surface area contributed by atoms with Crippen LogP contribution in [0.15, 0.2) is 23.3 Å². The molecule has 1 unspecified atom stereocenters. The molecule has 2 N–H and O–H groups in total. The molecule has 1 aliphatic heterocycles. The first-order chi connectivity index (χ1) is 13.4. The van der Waals surface area contributed by atoms with E-state index in [0.717, 1.165) is 13.0 Å². The molecular weight excluding hydrogens is 396 g/mol. The fraction of sp³-hybridized carbons (Fsp3) is 0.550. The van der Waals surface area contributed by atoms with E-state index in [4.69, 9.17) is 15.2 Å². The number of nitrogens with two attached hydrogens (primary N) is 1. The number of carbonyl (C=O) groups is 1. The van der Waals surface area contributed by atoms with Gasteiger partial charge in [-0.2, -0.15) is 0 Å². The average Bonchev–Trinajstić information content (AvgIpc) is 3.11. The lowest BCUT2D eigenvalue weighted by Crippen LogP contribution is -2.34. The number of aryl methyl sites for hydroxylation is 1. The molecule has 9 heteroatoms. The molecule has 0 aliphatic carbocycles. The molecule has 29 heavy (non-hydrogen) atoms. The second-order valence-electron chi connectivity index (χ2n) is 7.65. The van der Waals surface area contributed by atoms with E-state index in [0.29, 0.717) is 54.9 Å². The quantitative estimate of drug-likeness (QED) is 0.727. The summed E-state index contributed by atoms with van der Waals surface area (Å²) in [7, 11) is 3.07. The number of amides is 1. The predicted molar refractivity (Wildman–Crippen MR) is 114 cm³/mol. The molecule has 1 fully saturated rings. The zero-order valence-corrected chi connectivity index (χ0v) is 18.0. The molecular formula is C20H29ClN4O4. The number of rotatable bonds is 7. The van der Waals surface area contributed by atoms with E-state index in [-0.39, 0.29) is 29.3 Å². The predicted octanol–water partition coefficient (Wildman–Crippen LogP) is 1.81. The Morgan fingerprint density at radius 2 is 1.97 bits per heavy atom. The van der Waals surface area contributed by atoms with Crippen molar-refractivity contribution in [2.75, 3.05) is 33.9 Å². The highest BCUT2D eigenvalue weighted by Crippen LogP contribution is 2.30. The highest BCUT2D eigenvalue weighted by Gasteiger charge is 2.34. The van der Waals surface area contributed by atoms with Gasteiger partial charge >= 0.3 is 0 Å². The van der Waals surface area contributed by atoms with E-state index in [2.05, 4.69) is 11.9 Å². The zero-order chi connectivity index (χ0) is 20.3. The molecule has 2 aromatic rings. The molecule has 8 nitrogen and oxygen atoms in total. The molecule has 1 amide bonds. The summed E-state index contributed by atoms with van der Waals surface area (Å²) in [6, 6.07) is 3.33. The average molecular weight is 425 g/mol. The van der Waals surface area contributed by atoms with Gasteiger partial charge in [-0.25, -0.2) is 4.98 Å². The SMILES string of the molecule is COc1cc2ncn(CCCC(=O)N3CCC(C)(CN)C3)c(=O)c2cc1OC.Cl. The van der Waals surface area contributed by atoms with Crippen LogP contribution in [0.3, 0.4) is 0 Å². The van der Waals surface area contributed by atoms with Gasteiger partial charge in [-0.05, 0) is 30.9 Å². The molecule has 0 bridgehead atoms. The molecule has 1 aromatic carbocycles. The van der Waals surface area contributed by atoms with Crippen LogP contribution in [0.1, 0.15) is 26.2 Å². The van der Waals surface area contributed by atoms with E-state index in [1.807, 2.05) is 4.90 Å². The number of aromatic nitrogens is 2. The topological polar surface area (TPSA) is 99.7 Å². The molecule has 1 aromatic heterocycles. The van der Waals surface area contributed by atoms with Crippen molar-refractivity contribution in [3.05, 3.63) is 28.8 Å². The maximum absolute atomic E-state index is 12.8. The Balaban J connectivity index is 0.00000300. The number of likely N-dealkylation sites (tertiary alicyclic amines) is 1. The Bertz CT molecular complexity index is 933. The van der Waals surface area contributed by atoms with Crippen molar-refractivity contribution in [3.63, 3.8) is 0 Å². The van der Waals surface area contributed by atoms with Gasteiger partial charge < -0.3 is 20.1 Å². The van der Waals surface area contributed by atoms with Gasteiger partial charge in [0.25, 0.3) is 5.56 Å². The lowest BCUT2D eigenvalue weighted by molar-refractivity contribution is -0.130. The van der Waals surface area contributed by atoms with Crippen molar-refractivity contribution in [1.29, 1.82) is 0 Å². The smallest absolute Gasteiger partial charge is 0.261 e. The van der Waals surface area contributed by atoms with E-state index >= 15 is 0 Å². The summed E-state index contributed by atoms with van der Waals surface area (Å²) in [5.41, 5.74) is 6.22. The first-order valence-electron chi connectivity index (χ1n) is 9.50. The maximum Gasteiger partial charge on any atom is 0.261 e. The van der Waals surface area contributed by atoms with Crippen molar-refractivity contribution in [2.24, 2.45) is 11.1 Å². The van der Waals surface area contributed by atoms with Gasteiger partial charge in [-0.15, -0.1) is 12.4 Å². The second kappa shape index (κ2) is 9.45. The van der Waals surface area contributed by atoms with Gasteiger partial charge in [0.15, 0.2) is 11.5 Å². The minimum absolute atomic E-state index is 0. The van der Waals surface area contributed by atoms with Crippen LogP contribution in [-0.2, 0) is 11.3 Å². The molecule has 1 aliphatic rings. The second-order valence-corrected chi connectivity index (χ2v) is 7.65. The van der Waals surface area contributed by atoms with Crippen molar-refractivity contribution >= 4 is 29.2 Å². The van der Waals surface area contributed by atoms with Crippen molar-refractivity contribution in [2.45, 2.75) is 32.7 Å². The first-order valence-corrected chi connectivity index (χ1v) is 9.50. The summed E-state index contributed by atoms with van der Waals surface area (Å²) >= 11 is 0. The van der Waals surface area contributed by atoms with Crippen molar-refractivity contribution < 1.29 is 14.3 Å². The largest absolute Gasteiger partial charge is 0.493 e. The van der Waals surface area contributed by atoms with Gasteiger partial charge in [0.2, 0.25) is 5.91 Å². The van der Waals surface area contributed by atoms with E-state index < -0.39 is 0 Å². The number of carbonyl (C=O) groups excluding carboxylic acids is 1. The molecule has 0 radical (unpaired) electrons. The summed E-state index contributed by atoms with van der Waals surface area (Å²) in [6.45, 7) is 4.60. The van der Waals surface area contributed by atoms with Crippen LogP contribution in [-0.4, -0.2) is 54.2 Å². The Labute approximate surface area is 176 Å². The van der Waals surface area contributed by atoms with Gasteiger partial charge in [0.05, 0.1) is 31.4 Å². The van der Waals surface area contributed by atoms with Gasteiger partial charge in [0, 0.05) is 32.1 Å². The summed E-state index contributed by atoms with van der Waals surface area (Å²) < 4.78 is 12.1.